The van der Waals surface area contributed by atoms with Gasteiger partial charge in [0.2, 0.25) is 0 Å². The number of nitrogens with zero attached hydrogens (tertiary/aromatic N) is 1. The van der Waals surface area contributed by atoms with Crippen molar-refractivity contribution in [2.45, 2.75) is 84.8 Å². The van der Waals surface area contributed by atoms with Gasteiger partial charge in [-0.2, -0.15) is 0 Å². The summed E-state index contributed by atoms with van der Waals surface area (Å²) in [7, 11) is 0. The molecule has 0 radical (unpaired) electrons. The maximum absolute atomic E-state index is 13.3. The molecule has 1 aromatic carbocycles. The smallest absolute Gasteiger partial charge is 0.263 e. The van der Waals surface area contributed by atoms with E-state index in [4.69, 9.17) is 4.74 Å². The van der Waals surface area contributed by atoms with Gasteiger partial charge in [0.25, 0.3) is 11.5 Å². The minimum Gasteiger partial charge on any atom is -0.491 e. The predicted molar refractivity (Wildman–Crippen MR) is 122 cm³/mol. The number of hydrogen-bond acceptors (Lipinski definition) is 3. The van der Waals surface area contributed by atoms with E-state index in [1.54, 1.807) is 6.07 Å². The summed E-state index contributed by atoms with van der Waals surface area (Å²) in [6, 6.07) is 9.15. The molecule has 1 aliphatic rings. The van der Waals surface area contributed by atoms with Crippen molar-refractivity contribution >= 4 is 11.6 Å². The largest absolute Gasteiger partial charge is 0.491 e. The molecule has 162 valence electrons. The molecule has 0 saturated heterocycles. The second-order valence-corrected chi connectivity index (χ2v) is 8.40. The van der Waals surface area contributed by atoms with Gasteiger partial charge < -0.3 is 14.6 Å². The third-order valence-corrected chi connectivity index (χ3v) is 5.54. The van der Waals surface area contributed by atoms with Gasteiger partial charge in [-0.15, -0.1) is 0 Å². The molecule has 0 spiro atoms. The number of nitrogens with one attached hydrogen (secondary N) is 1. The molecule has 1 aliphatic carbocycles. The number of hydrogen-bond donors (Lipinski definition) is 1. The number of unbranched alkanes of at least 4 members (excludes halogenated alkanes) is 1. The summed E-state index contributed by atoms with van der Waals surface area (Å²) in [5.74, 6) is 0.346. The van der Waals surface area contributed by atoms with E-state index < -0.39 is 0 Å². The lowest BCUT2D eigenvalue weighted by molar-refractivity contribution is 0.102. The Bertz CT molecular complexity index is 930. The first-order valence-corrected chi connectivity index (χ1v) is 11.3. The highest BCUT2D eigenvalue weighted by atomic mass is 16.5. The number of carbonyl (C=O) groups is 1. The van der Waals surface area contributed by atoms with E-state index in [0.29, 0.717) is 18.0 Å². The molecular formula is C25H34N2O3. The van der Waals surface area contributed by atoms with Crippen LogP contribution in [-0.4, -0.2) is 16.6 Å². The zero-order valence-corrected chi connectivity index (χ0v) is 18.5. The van der Waals surface area contributed by atoms with Gasteiger partial charge in [0.05, 0.1) is 6.10 Å². The summed E-state index contributed by atoms with van der Waals surface area (Å²) >= 11 is 0. The van der Waals surface area contributed by atoms with Crippen molar-refractivity contribution in [1.29, 1.82) is 0 Å². The quantitative estimate of drug-likeness (QED) is 0.670. The van der Waals surface area contributed by atoms with Crippen molar-refractivity contribution in [2.75, 3.05) is 5.32 Å². The van der Waals surface area contributed by atoms with Crippen molar-refractivity contribution in [1.82, 2.24) is 4.57 Å². The molecule has 5 heteroatoms. The van der Waals surface area contributed by atoms with Crippen molar-refractivity contribution in [3.05, 3.63) is 57.5 Å². The minimum atomic E-state index is -0.350. The average molecular weight is 411 g/mol. The van der Waals surface area contributed by atoms with Gasteiger partial charge in [0.15, 0.2) is 0 Å². The van der Waals surface area contributed by atoms with Crippen LogP contribution in [0.25, 0.3) is 0 Å². The van der Waals surface area contributed by atoms with Gasteiger partial charge in [-0.1, -0.05) is 32.3 Å². The van der Waals surface area contributed by atoms with Crippen LogP contribution >= 0.6 is 0 Å². The summed E-state index contributed by atoms with van der Waals surface area (Å²) in [5.41, 5.74) is 2.99. The molecule has 2 aromatic rings. The summed E-state index contributed by atoms with van der Waals surface area (Å²) in [5, 5.41) is 2.90. The van der Waals surface area contributed by atoms with Crippen LogP contribution in [0.2, 0.25) is 0 Å². The van der Waals surface area contributed by atoms with Crippen LogP contribution in [0.1, 0.15) is 80.9 Å². The van der Waals surface area contributed by atoms with Gasteiger partial charge in [0, 0.05) is 24.0 Å². The number of anilines is 1. The van der Waals surface area contributed by atoms with Crippen LogP contribution < -0.4 is 15.6 Å². The second-order valence-electron chi connectivity index (χ2n) is 8.40. The Balaban J connectivity index is 1.93. The van der Waals surface area contributed by atoms with Crippen LogP contribution in [-0.2, 0) is 19.4 Å². The molecule has 1 heterocycles. The van der Waals surface area contributed by atoms with E-state index in [-0.39, 0.29) is 23.1 Å². The molecule has 0 unspecified atom stereocenters. The molecule has 0 fully saturated rings. The number of aromatic nitrogens is 1. The highest BCUT2D eigenvalue weighted by molar-refractivity contribution is 6.04. The van der Waals surface area contributed by atoms with Crippen LogP contribution in [0.3, 0.4) is 0 Å². The molecule has 1 amide bonds. The molecule has 1 N–H and O–H groups in total. The Morgan fingerprint density at radius 3 is 2.63 bits per heavy atom. The van der Waals surface area contributed by atoms with E-state index in [9.17, 15) is 9.59 Å². The molecule has 3 rings (SSSR count). The van der Waals surface area contributed by atoms with Crippen molar-refractivity contribution in [3.8, 4) is 5.75 Å². The van der Waals surface area contributed by atoms with E-state index >= 15 is 0 Å². The molecular weight excluding hydrogens is 376 g/mol. The lowest BCUT2D eigenvalue weighted by Crippen LogP contribution is -2.33. The number of carbonyl (C=O) groups excluding carboxylic acids is 1. The molecule has 30 heavy (non-hydrogen) atoms. The highest BCUT2D eigenvalue weighted by Crippen LogP contribution is 2.22. The van der Waals surface area contributed by atoms with Crippen molar-refractivity contribution in [3.63, 3.8) is 0 Å². The topological polar surface area (TPSA) is 60.3 Å². The van der Waals surface area contributed by atoms with E-state index in [2.05, 4.69) is 12.2 Å². The van der Waals surface area contributed by atoms with E-state index in [1.165, 1.54) is 12.8 Å². The van der Waals surface area contributed by atoms with Gasteiger partial charge in [-0.3, -0.25) is 9.59 Å². The zero-order valence-electron chi connectivity index (χ0n) is 18.5. The number of amides is 1. The summed E-state index contributed by atoms with van der Waals surface area (Å²) in [6.45, 7) is 6.72. The van der Waals surface area contributed by atoms with Gasteiger partial charge in [0.1, 0.15) is 11.3 Å². The number of rotatable bonds is 7. The fourth-order valence-corrected chi connectivity index (χ4v) is 4.07. The Morgan fingerprint density at radius 2 is 1.90 bits per heavy atom. The predicted octanol–water partition coefficient (Wildman–Crippen LogP) is 5.35. The average Bonchev–Trinajstić information content (AvgIpc) is 2.68. The van der Waals surface area contributed by atoms with Gasteiger partial charge in [-0.25, -0.2) is 0 Å². The maximum Gasteiger partial charge on any atom is 0.263 e. The van der Waals surface area contributed by atoms with E-state index in [1.807, 2.05) is 42.7 Å². The third-order valence-electron chi connectivity index (χ3n) is 5.54. The highest BCUT2D eigenvalue weighted by Gasteiger charge is 2.20. The maximum atomic E-state index is 13.3. The number of ether oxygens (including phenoxy) is 1. The summed E-state index contributed by atoms with van der Waals surface area (Å²) < 4.78 is 7.58. The standard InChI is InChI=1S/C25H34N2O3/c1-4-5-15-27-23-14-9-7-6-8-11-19(23)16-22(25(27)29)24(28)26-20-12-10-13-21(17-20)30-18(2)3/h10,12-13,16-18H,4-9,11,14-15H2,1-3H3,(H,26,28). The van der Waals surface area contributed by atoms with Crippen LogP contribution in [0, 0.1) is 0 Å². The van der Waals surface area contributed by atoms with E-state index in [0.717, 1.165) is 49.8 Å². The number of fused-ring (bicyclic) bond motifs is 1. The third kappa shape index (κ3) is 5.53. The Morgan fingerprint density at radius 1 is 1.13 bits per heavy atom. The normalized spacial score (nSPS) is 14.0. The fourth-order valence-electron chi connectivity index (χ4n) is 4.07. The first kappa shape index (κ1) is 22.1. The lowest BCUT2D eigenvalue weighted by atomic mass is 9.95. The SMILES string of the molecule is CCCCn1c2c(cc(C(=O)Nc3cccc(OC(C)C)c3)c1=O)CCCCCC2. The number of aryl methyl sites for hydroxylation is 1. The zero-order chi connectivity index (χ0) is 21.5. The molecule has 1 aromatic heterocycles. The minimum absolute atomic E-state index is 0.0513. The molecule has 0 saturated carbocycles. The molecule has 0 bridgehead atoms. The summed E-state index contributed by atoms with van der Waals surface area (Å²) in [6.07, 6.45) is 8.48. The first-order valence-electron chi connectivity index (χ1n) is 11.3. The van der Waals surface area contributed by atoms with Crippen LogP contribution in [0.4, 0.5) is 5.69 Å². The van der Waals surface area contributed by atoms with Crippen molar-refractivity contribution in [2.24, 2.45) is 0 Å². The van der Waals surface area contributed by atoms with Gasteiger partial charge in [-0.05, 0) is 69.7 Å². The second kappa shape index (κ2) is 10.5. The Hall–Kier alpha value is -2.56. The summed E-state index contributed by atoms with van der Waals surface area (Å²) in [4.78, 5) is 26.3. The Kier molecular flexibility index (Phi) is 7.72. The Labute approximate surface area is 179 Å². The number of pyridine rings is 1. The van der Waals surface area contributed by atoms with Crippen molar-refractivity contribution < 1.29 is 9.53 Å². The molecule has 0 aliphatic heterocycles. The molecule has 0 atom stereocenters. The van der Waals surface area contributed by atoms with Gasteiger partial charge >= 0.3 is 0 Å². The molecule has 5 nitrogen and oxygen atoms in total. The monoisotopic (exact) mass is 410 g/mol. The van der Waals surface area contributed by atoms with Crippen LogP contribution in [0.5, 0.6) is 5.75 Å². The van der Waals surface area contributed by atoms with Crippen LogP contribution in [0.15, 0.2) is 35.1 Å². The number of benzene rings is 1. The first-order chi connectivity index (χ1) is 14.5. The fraction of sp³-hybridized carbons (Fsp3) is 0.520. The lowest BCUT2D eigenvalue weighted by Gasteiger charge is -2.21.